The van der Waals surface area contributed by atoms with Crippen molar-refractivity contribution in [3.8, 4) is 5.75 Å². The number of aliphatic hydroxyl groups is 1. The van der Waals surface area contributed by atoms with Crippen molar-refractivity contribution < 1.29 is 14.6 Å². The predicted molar refractivity (Wildman–Crippen MR) is 127 cm³/mol. The highest BCUT2D eigenvalue weighted by Gasteiger charge is 2.25. The van der Waals surface area contributed by atoms with Gasteiger partial charge in [0.1, 0.15) is 12.4 Å². The van der Waals surface area contributed by atoms with Gasteiger partial charge in [0.25, 0.3) is 0 Å². The molecule has 3 N–H and O–H groups in total. The molecular formula is C24H42N4O3. The van der Waals surface area contributed by atoms with Crippen molar-refractivity contribution in [2.24, 2.45) is 4.99 Å². The minimum atomic E-state index is -0.694. The van der Waals surface area contributed by atoms with Gasteiger partial charge in [-0.25, -0.2) is 4.99 Å². The molecule has 0 unspecified atom stereocenters. The van der Waals surface area contributed by atoms with Gasteiger partial charge < -0.3 is 25.2 Å². The zero-order valence-corrected chi connectivity index (χ0v) is 19.7. The molecule has 0 bridgehead atoms. The van der Waals surface area contributed by atoms with Gasteiger partial charge in [0.15, 0.2) is 5.96 Å². The molecule has 1 aliphatic rings. The Morgan fingerprint density at radius 2 is 1.84 bits per heavy atom. The fraction of sp³-hybridized carbons (Fsp3) is 0.708. The first-order valence-corrected chi connectivity index (χ1v) is 11.9. The molecular weight excluding hydrogens is 392 g/mol. The molecule has 0 amide bonds. The molecule has 1 saturated heterocycles. The molecule has 0 saturated carbocycles. The molecule has 0 radical (unpaired) electrons. The van der Waals surface area contributed by atoms with E-state index in [4.69, 9.17) is 14.5 Å². The van der Waals surface area contributed by atoms with E-state index in [1.165, 1.54) is 0 Å². The Kier molecular flexibility index (Phi) is 11.7. The molecule has 176 valence electrons. The van der Waals surface area contributed by atoms with Crippen molar-refractivity contribution >= 4 is 5.96 Å². The van der Waals surface area contributed by atoms with E-state index >= 15 is 0 Å². The Balaban J connectivity index is 1.93. The molecule has 7 heteroatoms. The maximum atomic E-state index is 10.9. The Morgan fingerprint density at radius 3 is 2.52 bits per heavy atom. The average molecular weight is 435 g/mol. The van der Waals surface area contributed by atoms with Crippen LogP contribution in [0.1, 0.15) is 52.0 Å². The summed E-state index contributed by atoms with van der Waals surface area (Å²) in [5.41, 5.74) is 0.360. The van der Waals surface area contributed by atoms with Gasteiger partial charge in [0.05, 0.1) is 25.4 Å². The molecule has 1 aromatic rings. The van der Waals surface area contributed by atoms with Gasteiger partial charge >= 0.3 is 0 Å². The average Bonchev–Trinajstić information content (AvgIpc) is 2.77. The molecule has 1 aliphatic heterocycles. The van der Waals surface area contributed by atoms with E-state index in [1.54, 1.807) is 0 Å². The number of benzene rings is 1. The third kappa shape index (κ3) is 9.46. The van der Waals surface area contributed by atoms with Crippen LogP contribution in [0.4, 0.5) is 0 Å². The smallest absolute Gasteiger partial charge is 0.191 e. The Labute approximate surface area is 188 Å². The zero-order valence-electron chi connectivity index (χ0n) is 19.7. The molecule has 0 atom stereocenters. The van der Waals surface area contributed by atoms with E-state index < -0.39 is 5.60 Å². The van der Waals surface area contributed by atoms with Crippen LogP contribution < -0.4 is 15.4 Å². The summed E-state index contributed by atoms with van der Waals surface area (Å²) < 4.78 is 11.5. The number of para-hydroxylation sites is 1. The lowest BCUT2D eigenvalue weighted by molar-refractivity contribution is 0.0257. The van der Waals surface area contributed by atoms with E-state index in [9.17, 15) is 5.11 Å². The number of guanidine groups is 1. The lowest BCUT2D eigenvalue weighted by Crippen LogP contribution is -2.47. The van der Waals surface area contributed by atoms with Crippen LogP contribution in [0.2, 0.25) is 0 Å². The van der Waals surface area contributed by atoms with Crippen LogP contribution in [-0.4, -0.2) is 74.1 Å². The van der Waals surface area contributed by atoms with Gasteiger partial charge in [0.2, 0.25) is 0 Å². The highest BCUT2D eigenvalue weighted by molar-refractivity contribution is 5.79. The maximum absolute atomic E-state index is 10.9. The minimum Gasteiger partial charge on any atom is -0.492 e. The standard InChI is InChI=1S/C24H42N4O3/c1-4-11-24(29,12-5-2)20-27-23(25-6-3)26-19-21-9-7-8-10-22(21)31-18-15-28-13-16-30-17-14-28/h7-10,29H,4-6,11-20H2,1-3H3,(H2,25,26,27). The van der Waals surface area contributed by atoms with E-state index in [0.29, 0.717) is 19.7 Å². The Bertz CT molecular complexity index is 641. The van der Waals surface area contributed by atoms with Crippen LogP contribution in [0.15, 0.2) is 29.3 Å². The second kappa shape index (κ2) is 14.3. The highest BCUT2D eigenvalue weighted by atomic mass is 16.5. The van der Waals surface area contributed by atoms with E-state index in [2.05, 4.69) is 35.4 Å². The summed E-state index contributed by atoms with van der Waals surface area (Å²) in [6.07, 6.45) is 3.49. The second-order valence-electron chi connectivity index (χ2n) is 8.18. The topological polar surface area (TPSA) is 78.3 Å². The predicted octanol–water partition coefficient (Wildman–Crippen LogP) is 2.78. The second-order valence-corrected chi connectivity index (χ2v) is 8.18. The van der Waals surface area contributed by atoms with Crippen LogP contribution in [0.5, 0.6) is 5.75 Å². The first-order chi connectivity index (χ1) is 15.1. The van der Waals surface area contributed by atoms with Crippen LogP contribution in [0.25, 0.3) is 0 Å². The number of hydrogen-bond acceptors (Lipinski definition) is 5. The number of nitrogens with one attached hydrogen (secondary N) is 2. The number of rotatable bonds is 13. The number of ether oxygens (including phenoxy) is 2. The molecule has 0 aliphatic carbocycles. The molecule has 1 fully saturated rings. The van der Waals surface area contributed by atoms with Gasteiger partial charge in [-0.15, -0.1) is 0 Å². The molecule has 1 aromatic carbocycles. The van der Waals surface area contributed by atoms with E-state index in [-0.39, 0.29) is 0 Å². The van der Waals surface area contributed by atoms with Crippen LogP contribution in [0, 0.1) is 0 Å². The monoisotopic (exact) mass is 434 g/mol. The zero-order chi connectivity index (χ0) is 22.4. The van der Waals surface area contributed by atoms with Crippen LogP contribution in [0.3, 0.4) is 0 Å². The van der Waals surface area contributed by atoms with Crippen molar-refractivity contribution in [3.63, 3.8) is 0 Å². The first-order valence-electron chi connectivity index (χ1n) is 11.9. The van der Waals surface area contributed by atoms with Crippen molar-refractivity contribution in [3.05, 3.63) is 29.8 Å². The molecule has 7 nitrogen and oxygen atoms in total. The summed E-state index contributed by atoms with van der Waals surface area (Å²) in [6.45, 7) is 13.1. The number of nitrogens with zero attached hydrogens (tertiary/aromatic N) is 2. The number of aliphatic imine (C=N–C) groups is 1. The molecule has 1 heterocycles. The Hall–Kier alpha value is -1.83. The molecule has 31 heavy (non-hydrogen) atoms. The number of morpholine rings is 1. The summed E-state index contributed by atoms with van der Waals surface area (Å²) in [5, 5.41) is 17.5. The van der Waals surface area contributed by atoms with Gasteiger partial charge in [-0.2, -0.15) is 0 Å². The number of hydrogen-bond donors (Lipinski definition) is 3. The third-order valence-electron chi connectivity index (χ3n) is 5.51. The summed E-state index contributed by atoms with van der Waals surface area (Å²) in [7, 11) is 0. The third-order valence-corrected chi connectivity index (χ3v) is 5.51. The summed E-state index contributed by atoms with van der Waals surface area (Å²) in [6, 6.07) is 8.07. The van der Waals surface area contributed by atoms with Crippen molar-refractivity contribution in [1.29, 1.82) is 0 Å². The summed E-state index contributed by atoms with van der Waals surface area (Å²) in [4.78, 5) is 7.11. The summed E-state index contributed by atoms with van der Waals surface area (Å²) >= 11 is 0. The quantitative estimate of drug-likeness (QED) is 0.327. The van der Waals surface area contributed by atoms with Gasteiger partial charge in [-0.3, -0.25) is 4.90 Å². The van der Waals surface area contributed by atoms with Gasteiger partial charge in [-0.1, -0.05) is 44.9 Å². The SMILES string of the molecule is CCCC(O)(CCC)CNC(=NCc1ccccc1OCCN1CCOCC1)NCC. The lowest BCUT2D eigenvalue weighted by Gasteiger charge is -2.28. The fourth-order valence-electron chi connectivity index (χ4n) is 3.87. The first kappa shape index (κ1) is 25.4. The largest absolute Gasteiger partial charge is 0.492 e. The Morgan fingerprint density at radius 1 is 1.13 bits per heavy atom. The minimum absolute atomic E-state index is 0.498. The van der Waals surface area contributed by atoms with E-state index in [1.807, 2.05) is 25.1 Å². The lowest BCUT2D eigenvalue weighted by atomic mass is 9.93. The molecule has 0 spiro atoms. The highest BCUT2D eigenvalue weighted by Crippen LogP contribution is 2.20. The van der Waals surface area contributed by atoms with Crippen LogP contribution in [-0.2, 0) is 11.3 Å². The van der Waals surface area contributed by atoms with Crippen molar-refractivity contribution in [2.75, 3.05) is 52.5 Å². The van der Waals surface area contributed by atoms with Crippen molar-refractivity contribution in [1.82, 2.24) is 15.5 Å². The van der Waals surface area contributed by atoms with E-state index in [0.717, 1.165) is 82.3 Å². The van der Waals surface area contributed by atoms with Crippen molar-refractivity contribution in [2.45, 2.75) is 58.6 Å². The summed E-state index contributed by atoms with van der Waals surface area (Å²) in [5.74, 6) is 1.60. The normalized spacial score (nSPS) is 15.7. The molecule has 0 aromatic heterocycles. The molecule has 2 rings (SSSR count). The van der Waals surface area contributed by atoms with Gasteiger partial charge in [0, 0.05) is 38.3 Å². The maximum Gasteiger partial charge on any atom is 0.191 e. The fourth-order valence-corrected chi connectivity index (χ4v) is 3.87. The van der Waals surface area contributed by atoms with Gasteiger partial charge in [-0.05, 0) is 25.8 Å². The van der Waals surface area contributed by atoms with Crippen LogP contribution >= 0.6 is 0 Å².